The fourth-order valence-electron chi connectivity index (χ4n) is 2.71. The Morgan fingerprint density at radius 2 is 2.04 bits per heavy atom. The average Bonchev–Trinajstić information content (AvgIpc) is 3.01. The molecular formula is C17H13FN4O4S. The lowest BCUT2D eigenvalue weighted by Crippen LogP contribution is -2.35. The molecule has 138 valence electrons. The van der Waals surface area contributed by atoms with Crippen molar-refractivity contribution in [3.8, 4) is 17.2 Å². The molecule has 1 aliphatic rings. The Morgan fingerprint density at radius 1 is 1.22 bits per heavy atom. The van der Waals surface area contributed by atoms with E-state index in [1.54, 1.807) is 24.5 Å². The molecule has 27 heavy (non-hydrogen) atoms. The molecule has 4 rings (SSSR count). The minimum Gasteiger partial charge on any atom is -0.451 e. The summed E-state index contributed by atoms with van der Waals surface area (Å²) in [6.07, 6.45) is 5.62. The lowest BCUT2D eigenvalue weighted by atomic mass is 10.2. The molecule has 0 fully saturated rings. The molecule has 3 aromatic rings. The van der Waals surface area contributed by atoms with Gasteiger partial charge < -0.3 is 4.74 Å². The van der Waals surface area contributed by atoms with Gasteiger partial charge in [0.15, 0.2) is 27.0 Å². The van der Waals surface area contributed by atoms with Gasteiger partial charge in [-0.15, -0.1) is 0 Å². The summed E-state index contributed by atoms with van der Waals surface area (Å²) >= 11 is 0. The van der Waals surface area contributed by atoms with Gasteiger partial charge in [0.05, 0.1) is 23.8 Å². The third kappa shape index (κ3) is 3.26. The number of amides is 1. The number of halogens is 1. The third-order valence-corrected chi connectivity index (χ3v) is 4.56. The van der Waals surface area contributed by atoms with Gasteiger partial charge in [-0.2, -0.15) is 5.10 Å². The van der Waals surface area contributed by atoms with Crippen LogP contribution < -0.4 is 9.64 Å². The van der Waals surface area contributed by atoms with Crippen LogP contribution in [0.1, 0.15) is 10.5 Å². The van der Waals surface area contributed by atoms with Crippen molar-refractivity contribution < 1.29 is 22.3 Å². The van der Waals surface area contributed by atoms with Crippen LogP contribution in [0.3, 0.4) is 0 Å². The maximum Gasteiger partial charge on any atom is 0.283 e. The van der Waals surface area contributed by atoms with Crippen LogP contribution >= 0.6 is 0 Å². The quantitative estimate of drug-likeness (QED) is 0.682. The molecule has 0 saturated heterocycles. The first kappa shape index (κ1) is 17.2. The first-order valence-corrected chi connectivity index (χ1v) is 9.85. The number of fused-ring (bicyclic) bond motifs is 2. The molecule has 3 heterocycles. The lowest BCUT2D eigenvalue weighted by molar-refractivity contribution is 0.0986. The van der Waals surface area contributed by atoms with Crippen LogP contribution in [0, 0.1) is 5.82 Å². The Balaban J connectivity index is 1.87. The van der Waals surface area contributed by atoms with Crippen molar-refractivity contribution in [3.63, 3.8) is 0 Å². The van der Waals surface area contributed by atoms with E-state index >= 15 is 0 Å². The maximum atomic E-state index is 13.7. The molecule has 0 bridgehead atoms. The average molecular weight is 388 g/mol. The van der Waals surface area contributed by atoms with Gasteiger partial charge in [-0.25, -0.2) is 17.5 Å². The highest BCUT2D eigenvalue weighted by molar-refractivity contribution is 7.90. The summed E-state index contributed by atoms with van der Waals surface area (Å²) in [5.74, 6) is -1.68. The van der Waals surface area contributed by atoms with E-state index in [2.05, 4.69) is 10.1 Å². The maximum absolute atomic E-state index is 13.7. The second-order valence-electron chi connectivity index (χ2n) is 6.00. The second kappa shape index (κ2) is 6.16. The van der Waals surface area contributed by atoms with E-state index in [4.69, 9.17) is 4.74 Å². The zero-order chi connectivity index (χ0) is 19.2. The standard InChI is InChI=1S/C17H13FN4O4S/c1-27(24,25)10-21-13-7-11(18)4-5-14(13)26-15-9-22(20-16(15)17(21)23)12-3-2-6-19-8-12/h2-9H,10H2,1H3. The molecule has 0 radical (unpaired) electrons. The molecule has 0 atom stereocenters. The molecule has 0 saturated carbocycles. The molecule has 0 unspecified atom stereocenters. The molecule has 0 spiro atoms. The predicted octanol–water partition coefficient (Wildman–Crippen LogP) is 2.16. The van der Waals surface area contributed by atoms with Crippen LogP contribution in [0.5, 0.6) is 11.5 Å². The molecule has 10 heteroatoms. The van der Waals surface area contributed by atoms with Crippen molar-refractivity contribution in [2.75, 3.05) is 17.0 Å². The zero-order valence-electron chi connectivity index (χ0n) is 14.0. The monoisotopic (exact) mass is 388 g/mol. The number of rotatable bonds is 3. The van der Waals surface area contributed by atoms with Crippen LogP contribution in [0.2, 0.25) is 0 Å². The van der Waals surface area contributed by atoms with Crippen LogP contribution in [-0.4, -0.2) is 41.2 Å². The number of pyridine rings is 1. The first-order chi connectivity index (χ1) is 12.8. The smallest absolute Gasteiger partial charge is 0.283 e. The first-order valence-electron chi connectivity index (χ1n) is 7.79. The van der Waals surface area contributed by atoms with Gasteiger partial charge in [0.2, 0.25) is 0 Å². The molecular weight excluding hydrogens is 375 g/mol. The minimum atomic E-state index is -3.59. The fraction of sp³-hybridized carbons (Fsp3) is 0.118. The summed E-state index contributed by atoms with van der Waals surface area (Å²) in [7, 11) is -3.59. The molecule has 1 aliphatic heterocycles. The summed E-state index contributed by atoms with van der Waals surface area (Å²) in [5, 5.41) is 4.22. The predicted molar refractivity (Wildman–Crippen MR) is 94.4 cm³/mol. The van der Waals surface area contributed by atoms with Gasteiger partial charge in [-0.05, 0) is 24.3 Å². The van der Waals surface area contributed by atoms with Gasteiger partial charge in [0.1, 0.15) is 11.7 Å². The van der Waals surface area contributed by atoms with Crippen LogP contribution in [0.4, 0.5) is 10.1 Å². The van der Waals surface area contributed by atoms with E-state index in [0.717, 1.165) is 17.2 Å². The van der Waals surface area contributed by atoms with Gasteiger partial charge in [0.25, 0.3) is 5.91 Å². The minimum absolute atomic E-state index is 0.0244. The van der Waals surface area contributed by atoms with Gasteiger partial charge >= 0.3 is 0 Å². The number of hydrogen-bond donors (Lipinski definition) is 0. The van der Waals surface area contributed by atoms with Crippen molar-refractivity contribution >= 4 is 21.4 Å². The number of carbonyl (C=O) groups is 1. The highest BCUT2D eigenvalue weighted by atomic mass is 32.2. The topological polar surface area (TPSA) is 94.4 Å². The zero-order valence-corrected chi connectivity index (χ0v) is 14.9. The van der Waals surface area contributed by atoms with Crippen LogP contribution in [0.25, 0.3) is 5.69 Å². The Kier molecular flexibility index (Phi) is 3.92. The third-order valence-electron chi connectivity index (χ3n) is 3.83. The number of anilines is 1. The molecule has 0 N–H and O–H groups in total. The van der Waals surface area contributed by atoms with Crippen LogP contribution in [-0.2, 0) is 9.84 Å². The highest BCUT2D eigenvalue weighted by Gasteiger charge is 2.33. The molecule has 8 nitrogen and oxygen atoms in total. The van der Waals surface area contributed by atoms with E-state index in [1.807, 2.05) is 0 Å². The Morgan fingerprint density at radius 3 is 2.74 bits per heavy atom. The highest BCUT2D eigenvalue weighted by Crippen LogP contribution is 2.39. The fourth-order valence-corrected chi connectivity index (χ4v) is 3.43. The number of benzene rings is 1. The van der Waals surface area contributed by atoms with E-state index < -0.39 is 27.4 Å². The summed E-state index contributed by atoms with van der Waals surface area (Å²) in [6, 6.07) is 7.00. The van der Waals surface area contributed by atoms with Gasteiger partial charge in [-0.1, -0.05) is 0 Å². The number of nitrogens with zero attached hydrogens (tertiary/aromatic N) is 4. The van der Waals surface area contributed by atoms with E-state index in [9.17, 15) is 17.6 Å². The Labute approximate surface area is 153 Å². The van der Waals surface area contributed by atoms with Crippen molar-refractivity contribution in [3.05, 3.63) is 60.4 Å². The van der Waals surface area contributed by atoms with E-state index in [0.29, 0.717) is 5.69 Å². The van der Waals surface area contributed by atoms with Crippen LogP contribution in [0.15, 0.2) is 48.9 Å². The van der Waals surface area contributed by atoms with Crippen molar-refractivity contribution in [1.82, 2.24) is 14.8 Å². The summed E-state index contributed by atoms with van der Waals surface area (Å²) in [6.45, 7) is 0. The molecule has 2 aromatic heterocycles. The normalized spacial score (nSPS) is 13.6. The van der Waals surface area contributed by atoms with Gasteiger partial charge in [-0.3, -0.25) is 14.7 Å². The van der Waals surface area contributed by atoms with Crippen molar-refractivity contribution in [2.24, 2.45) is 0 Å². The Bertz CT molecular complexity index is 1140. The molecule has 0 aliphatic carbocycles. The Hall–Kier alpha value is -3.27. The summed E-state index contributed by atoms with van der Waals surface area (Å²) in [4.78, 5) is 17.9. The lowest BCUT2D eigenvalue weighted by Gasteiger charge is -2.20. The molecule has 1 aromatic carbocycles. The number of ether oxygens (including phenoxy) is 1. The van der Waals surface area contributed by atoms with E-state index in [-0.39, 0.29) is 22.9 Å². The van der Waals surface area contributed by atoms with Gasteiger partial charge in [0, 0.05) is 18.5 Å². The number of carbonyl (C=O) groups excluding carboxylic acids is 1. The summed E-state index contributed by atoms with van der Waals surface area (Å²) in [5.41, 5.74) is 0.534. The number of hydrogen-bond acceptors (Lipinski definition) is 6. The summed E-state index contributed by atoms with van der Waals surface area (Å²) < 4.78 is 44.5. The largest absolute Gasteiger partial charge is 0.451 e. The second-order valence-corrected chi connectivity index (χ2v) is 8.11. The molecule has 1 amide bonds. The number of aromatic nitrogens is 3. The van der Waals surface area contributed by atoms with Crippen molar-refractivity contribution in [1.29, 1.82) is 0 Å². The number of sulfone groups is 1. The van der Waals surface area contributed by atoms with E-state index in [1.165, 1.54) is 23.0 Å². The SMILES string of the molecule is CS(=O)(=O)CN1C(=O)c2nn(-c3cccnc3)cc2Oc2ccc(F)cc21. The van der Waals surface area contributed by atoms with Crippen molar-refractivity contribution in [2.45, 2.75) is 0 Å².